The highest BCUT2D eigenvalue weighted by Crippen LogP contribution is 2.49. The zero-order valence-electron chi connectivity index (χ0n) is 37.9. The van der Waals surface area contributed by atoms with Crippen molar-refractivity contribution >= 4 is 69.2 Å². The molecular weight excluding hydrogens is 783 g/mol. The summed E-state index contributed by atoms with van der Waals surface area (Å²) in [6.07, 6.45) is 0. The fourth-order valence-corrected chi connectivity index (χ4v) is 15.5. The van der Waals surface area contributed by atoms with Gasteiger partial charge in [-0.2, -0.15) is 0 Å². The van der Waals surface area contributed by atoms with Crippen LogP contribution in [-0.4, -0.2) is 0 Å². The van der Waals surface area contributed by atoms with Gasteiger partial charge in [0.1, 0.15) is 0 Å². The Morgan fingerprint density at radius 3 is 1.16 bits per heavy atom. The van der Waals surface area contributed by atoms with Crippen molar-refractivity contribution in [3.05, 3.63) is 213 Å². The van der Waals surface area contributed by atoms with Crippen LogP contribution in [0.15, 0.2) is 158 Å². The van der Waals surface area contributed by atoms with Crippen LogP contribution in [0.4, 0.5) is 0 Å². The number of benzene rings is 9. The summed E-state index contributed by atoms with van der Waals surface area (Å²) < 4.78 is 0. The molecule has 9 rings (SSSR count). The maximum absolute atomic E-state index is 2.52. The summed E-state index contributed by atoms with van der Waals surface area (Å²) in [4.78, 5) is 0. The summed E-state index contributed by atoms with van der Waals surface area (Å²) in [5.74, 6) is 0. The van der Waals surface area contributed by atoms with Crippen molar-refractivity contribution in [2.24, 2.45) is 0 Å². The van der Waals surface area contributed by atoms with Crippen molar-refractivity contribution in [2.75, 3.05) is 0 Å². The standard InChI is InChI=1S/C60H56P2/c1-37-19-24-53(43(7)30-37)61(54-25-20-38(2)31-44(54)8)57-28-23-47-15-11-13-17-50(47)58(57)59-51-18-14-12-16-48(51)36-52(49-34-41(5)29-42(6)35-49)60(59)62(55-26-21-39(3)32-45(55)9)56-27-22-40(4)33-46(56)10/h11-36H,1-10H3. The summed E-state index contributed by atoms with van der Waals surface area (Å²) in [5.41, 5.74) is 18.4. The number of fused-ring (bicyclic) bond motifs is 2. The average molecular weight is 839 g/mol. The molecule has 9 aromatic rings. The van der Waals surface area contributed by atoms with Crippen LogP contribution in [0.3, 0.4) is 0 Å². The van der Waals surface area contributed by atoms with Crippen molar-refractivity contribution in [1.29, 1.82) is 0 Å². The SMILES string of the molecule is Cc1cc(C)cc(-c2cc3ccccc3c(-c3c(P(c4ccc(C)cc4C)c4ccc(C)cc4C)ccc4ccccc34)c2P(c2ccc(C)cc2C)c2ccc(C)cc2C)c1. The number of rotatable bonds is 8. The minimum atomic E-state index is -1.10. The van der Waals surface area contributed by atoms with E-state index in [0.717, 1.165) is 0 Å². The Bertz CT molecular complexity index is 3080. The lowest BCUT2D eigenvalue weighted by Crippen LogP contribution is -2.30. The van der Waals surface area contributed by atoms with Gasteiger partial charge in [-0.15, -0.1) is 0 Å². The molecule has 0 aliphatic heterocycles. The Morgan fingerprint density at radius 2 is 0.694 bits per heavy atom. The maximum Gasteiger partial charge on any atom is 0.00130 e. The molecule has 0 nitrogen and oxygen atoms in total. The molecule has 0 saturated carbocycles. The Morgan fingerprint density at radius 1 is 0.290 bits per heavy atom. The molecule has 62 heavy (non-hydrogen) atoms. The molecule has 0 heterocycles. The van der Waals surface area contributed by atoms with Crippen LogP contribution in [0, 0.1) is 69.2 Å². The second kappa shape index (κ2) is 16.9. The van der Waals surface area contributed by atoms with Gasteiger partial charge >= 0.3 is 0 Å². The van der Waals surface area contributed by atoms with E-state index in [2.05, 4.69) is 227 Å². The lowest BCUT2D eigenvalue weighted by Gasteiger charge is -2.32. The molecule has 0 aromatic heterocycles. The van der Waals surface area contributed by atoms with Crippen LogP contribution in [0.25, 0.3) is 43.8 Å². The highest BCUT2D eigenvalue weighted by atomic mass is 31.1. The smallest absolute Gasteiger partial charge is 0.00130 e. The highest BCUT2D eigenvalue weighted by Gasteiger charge is 2.32. The van der Waals surface area contributed by atoms with Crippen LogP contribution in [-0.2, 0) is 0 Å². The van der Waals surface area contributed by atoms with Gasteiger partial charge in [-0.25, -0.2) is 0 Å². The zero-order valence-corrected chi connectivity index (χ0v) is 39.7. The van der Waals surface area contributed by atoms with Crippen LogP contribution in [0.2, 0.25) is 0 Å². The van der Waals surface area contributed by atoms with Gasteiger partial charge in [0.15, 0.2) is 0 Å². The molecule has 0 fully saturated rings. The van der Waals surface area contributed by atoms with E-state index in [1.54, 1.807) is 0 Å². The first-order valence-electron chi connectivity index (χ1n) is 21.9. The normalized spacial score (nSPS) is 11.7. The second-order valence-corrected chi connectivity index (χ2v) is 22.0. The quantitative estimate of drug-likeness (QED) is 0.134. The first-order valence-corrected chi connectivity index (χ1v) is 24.6. The van der Waals surface area contributed by atoms with Crippen LogP contribution < -0.4 is 31.8 Å². The third-order valence-electron chi connectivity index (χ3n) is 12.5. The Kier molecular flexibility index (Phi) is 11.4. The predicted molar refractivity (Wildman–Crippen MR) is 277 cm³/mol. The highest BCUT2D eigenvalue weighted by molar-refractivity contribution is 7.81. The molecule has 0 saturated heterocycles. The first kappa shape index (κ1) is 41.7. The van der Waals surface area contributed by atoms with Crippen molar-refractivity contribution in [1.82, 2.24) is 0 Å². The van der Waals surface area contributed by atoms with Crippen molar-refractivity contribution in [3.8, 4) is 22.3 Å². The van der Waals surface area contributed by atoms with Gasteiger partial charge in [-0.1, -0.05) is 185 Å². The monoisotopic (exact) mass is 838 g/mol. The van der Waals surface area contributed by atoms with E-state index in [0.29, 0.717) is 0 Å². The minimum Gasteiger partial charge on any atom is -0.0616 e. The summed E-state index contributed by atoms with van der Waals surface area (Å²) >= 11 is 0. The predicted octanol–water partition coefficient (Wildman–Crippen LogP) is 13.9. The molecular formula is C60H56P2. The van der Waals surface area contributed by atoms with Gasteiger partial charge < -0.3 is 0 Å². The van der Waals surface area contributed by atoms with Crippen molar-refractivity contribution in [3.63, 3.8) is 0 Å². The van der Waals surface area contributed by atoms with Crippen LogP contribution >= 0.6 is 15.8 Å². The lowest BCUT2D eigenvalue weighted by molar-refractivity contribution is 1.39. The van der Waals surface area contributed by atoms with Crippen molar-refractivity contribution in [2.45, 2.75) is 69.2 Å². The Labute approximate surface area is 372 Å². The van der Waals surface area contributed by atoms with E-state index in [4.69, 9.17) is 0 Å². The largest absolute Gasteiger partial charge is 0.0616 e. The first-order chi connectivity index (χ1) is 29.9. The molecule has 0 amide bonds. The van der Waals surface area contributed by atoms with Gasteiger partial charge in [0.2, 0.25) is 0 Å². The Balaban J connectivity index is 1.55. The van der Waals surface area contributed by atoms with E-state index in [1.807, 2.05) is 0 Å². The third kappa shape index (κ3) is 7.75. The molecule has 2 heteroatoms. The molecule has 0 aliphatic rings. The lowest BCUT2D eigenvalue weighted by atomic mass is 9.89. The topological polar surface area (TPSA) is 0 Å². The van der Waals surface area contributed by atoms with E-state index in [9.17, 15) is 0 Å². The maximum atomic E-state index is 2.52. The van der Waals surface area contributed by atoms with E-state index in [1.165, 1.54) is 131 Å². The van der Waals surface area contributed by atoms with Gasteiger partial charge in [0.25, 0.3) is 0 Å². The number of hydrogen-bond acceptors (Lipinski definition) is 0. The van der Waals surface area contributed by atoms with Gasteiger partial charge in [-0.05, 0) is 184 Å². The van der Waals surface area contributed by atoms with Crippen LogP contribution in [0.5, 0.6) is 0 Å². The summed E-state index contributed by atoms with van der Waals surface area (Å²) in [7, 11) is -2.12. The second-order valence-electron chi connectivity index (χ2n) is 17.8. The van der Waals surface area contributed by atoms with E-state index < -0.39 is 15.8 Å². The van der Waals surface area contributed by atoms with Gasteiger partial charge in [0.05, 0.1) is 0 Å². The van der Waals surface area contributed by atoms with E-state index in [-0.39, 0.29) is 0 Å². The molecule has 0 bridgehead atoms. The zero-order chi connectivity index (χ0) is 43.4. The van der Waals surface area contributed by atoms with Crippen molar-refractivity contribution < 1.29 is 0 Å². The molecule has 0 aliphatic carbocycles. The fourth-order valence-electron chi connectivity index (χ4n) is 9.87. The summed E-state index contributed by atoms with van der Waals surface area (Å²) in [5, 5.41) is 13.6. The third-order valence-corrected chi connectivity index (χ3v) is 18.2. The molecule has 0 spiro atoms. The Hall–Kier alpha value is -5.64. The van der Waals surface area contributed by atoms with Gasteiger partial charge in [-0.3, -0.25) is 0 Å². The molecule has 0 radical (unpaired) electrons. The summed E-state index contributed by atoms with van der Waals surface area (Å²) in [6, 6.07) is 61.6. The number of aryl methyl sites for hydroxylation is 10. The number of hydrogen-bond donors (Lipinski definition) is 0. The minimum absolute atomic E-state index is 1.01. The molecule has 306 valence electrons. The van der Waals surface area contributed by atoms with Gasteiger partial charge in [0, 0.05) is 5.30 Å². The van der Waals surface area contributed by atoms with E-state index >= 15 is 0 Å². The molecule has 0 N–H and O–H groups in total. The van der Waals surface area contributed by atoms with Crippen LogP contribution in [0.1, 0.15) is 55.6 Å². The molecule has 0 atom stereocenters. The molecule has 0 unspecified atom stereocenters. The average Bonchev–Trinajstić information content (AvgIpc) is 3.23. The fraction of sp³-hybridized carbons (Fsp3) is 0.167. The summed E-state index contributed by atoms with van der Waals surface area (Å²) in [6.45, 7) is 22.7. The molecule has 9 aromatic carbocycles.